The van der Waals surface area contributed by atoms with Crippen molar-refractivity contribution in [2.24, 2.45) is 0 Å². The van der Waals surface area contributed by atoms with E-state index in [4.69, 9.17) is 0 Å². The molecule has 6 nitrogen and oxygen atoms in total. The van der Waals surface area contributed by atoms with Crippen LogP contribution in [0, 0.1) is 0 Å². The predicted molar refractivity (Wildman–Crippen MR) is 59.6 cm³/mol. The first-order valence-electron chi connectivity index (χ1n) is 5.42. The lowest BCUT2D eigenvalue weighted by Crippen LogP contribution is -2.56. The molecule has 1 rings (SSSR count). The molecule has 1 aliphatic rings. The first-order chi connectivity index (χ1) is 7.73. The van der Waals surface area contributed by atoms with Crippen molar-refractivity contribution in [1.82, 2.24) is 4.90 Å². The highest BCUT2D eigenvalue weighted by molar-refractivity contribution is 6.78. The van der Waals surface area contributed by atoms with Gasteiger partial charge in [-0.2, -0.15) is 0 Å². The minimum Gasteiger partial charge on any atom is -0.548 e. The van der Waals surface area contributed by atoms with Crippen LogP contribution in [0.15, 0.2) is 0 Å². The topological polar surface area (TPSA) is 86.7 Å². The molecule has 0 N–H and O–H groups in total. The van der Waals surface area contributed by atoms with E-state index in [2.05, 4.69) is 4.74 Å². The fourth-order valence-electron chi connectivity index (χ4n) is 1.80. The first-order valence-corrected chi connectivity index (χ1v) is 9.00. The van der Waals surface area contributed by atoms with Crippen molar-refractivity contribution < 1.29 is 24.2 Å². The molecule has 0 bridgehead atoms. The van der Waals surface area contributed by atoms with Gasteiger partial charge in [0, 0.05) is 25.1 Å². The highest BCUT2D eigenvalue weighted by atomic mass is 28.3. The first kappa shape index (κ1) is 13.7. The van der Waals surface area contributed by atoms with Gasteiger partial charge in [0.15, 0.2) is 0 Å². The van der Waals surface area contributed by atoms with Gasteiger partial charge in [-0.3, -0.25) is 14.5 Å². The molecule has 1 atom stereocenters. The summed E-state index contributed by atoms with van der Waals surface area (Å²) in [6, 6.07) is 0. The molecule has 1 heterocycles. The van der Waals surface area contributed by atoms with E-state index in [0.717, 1.165) is 0 Å². The van der Waals surface area contributed by atoms with E-state index in [9.17, 15) is 19.5 Å². The Morgan fingerprint density at radius 3 is 2.18 bits per heavy atom. The second-order valence-electron chi connectivity index (χ2n) is 5.10. The van der Waals surface area contributed by atoms with Crippen LogP contribution in [-0.4, -0.2) is 43.2 Å². The van der Waals surface area contributed by atoms with E-state index in [1.54, 1.807) is 0 Å². The summed E-state index contributed by atoms with van der Waals surface area (Å²) in [7, 11) is -1.93. The van der Waals surface area contributed by atoms with E-state index in [-0.39, 0.29) is 31.3 Å². The van der Waals surface area contributed by atoms with Crippen LogP contribution < -0.4 is 5.11 Å². The van der Waals surface area contributed by atoms with E-state index >= 15 is 0 Å². The molecule has 0 spiro atoms. The Morgan fingerprint density at radius 2 is 1.82 bits per heavy atom. The number of nitrogens with zero attached hydrogens (tertiary/aromatic N) is 1. The number of carboxylic acid groups (broad SMARTS) is 1. The Labute approximate surface area is 101 Å². The van der Waals surface area contributed by atoms with Gasteiger partial charge in [0.1, 0.15) is 0 Å². The Bertz CT molecular complexity index is 333. The molecule has 1 saturated heterocycles. The fraction of sp³-hybridized carbons (Fsp3) is 0.700. The van der Waals surface area contributed by atoms with Crippen LogP contribution in [-0.2, 0) is 14.3 Å². The quantitative estimate of drug-likeness (QED) is 0.394. The maximum Gasteiger partial charge on any atom is 0.252 e. The molecule has 1 aliphatic heterocycles. The molecular weight excluding hydrogens is 242 g/mol. The van der Waals surface area contributed by atoms with Crippen LogP contribution in [0.25, 0.3) is 0 Å². The molecule has 0 saturated carbocycles. The summed E-state index contributed by atoms with van der Waals surface area (Å²) < 4.78 is 4.43. The van der Waals surface area contributed by atoms with E-state index in [1.807, 2.05) is 19.6 Å². The zero-order valence-electron chi connectivity index (χ0n) is 10.2. The third-order valence-corrected chi connectivity index (χ3v) is 5.18. The fourth-order valence-corrected chi connectivity index (χ4v) is 3.45. The minimum atomic E-state index is -1.93. The predicted octanol–water partition coefficient (Wildman–Crippen LogP) is -0.259. The molecule has 0 aliphatic carbocycles. The number of amides is 2. The van der Waals surface area contributed by atoms with Crippen LogP contribution in [0.5, 0.6) is 0 Å². The zero-order valence-corrected chi connectivity index (χ0v) is 11.2. The summed E-state index contributed by atoms with van der Waals surface area (Å²) in [5, 5.41) is 10.3. The van der Waals surface area contributed by atoms with Gasteiger partial charge in [0.2, 0.25) is 11.8 Å². The summed E-state index contributed by atoms with van der Waals surface area (Å²) in [4.78, 5) is 34.7. The van der Waals surface area contributed by atoms with Crippen LogP contribution >= 0.6 is 0 Å². The highest BCUT2D eigenvalue weighted by Crippen LogP contribution is 2.22. The summed E-state index contributed by atoms with van der Waals surface area (Å²) in [6.07, 6.45) is -1.23. The summed E-state index contributed by atoms with van der Waals surface area (Å²) in [5.74, 6) is -0.492. The van der Waals surface area contributed by atoms with Gasteiger partial charge in [-0.15, -0.1) is 0 Å². The van der Waals surface area contributed by atoms with Crippen molar-refractivity contribution in [3.8, 4) is 0 Å². The van der Waals surface area contributed by atoms with Gasteiger partial charge in [-0.25, -0.2) is 0 Å². The molecule has 1 fully saturated rings. The zero-order chi connectivity index (χ0) is 13.2. The number of ether oxygens (including phenoxy) is 1. The van der Waals surface area contributed by atoms with E-state index in [1.165, 1.54) is 4.90 Å². The van der Waals surface area contributed by atoms with E-state index in [0.29, 0.717) is 0 Å². The molecule has 7 heteroatoms. The van der Waals surface area contributed by atoms with Gasteiger partial charge in [0.05, 0.1) is 8.07 Å². The second kappa shape index (κ2) is 4.87. The molecule has 17 heavy (non-hydrogen) atoms. The van der Waals surface area contributed by atoms with Crippen LogP contribution in [0.2, 0.25) is 19.6 Å². The van der Waals surface area contributed by atoms with Crippen molar-refractivity contribution in [2.75, 3.05) is 6.61 Å². The maximum absolute atomic E-state index is 11.6. The third-order valence-electron chi connectivity index (χ3n) is 2.76. The Kier molecular flexibility index (Phi) is 3.92. The molecule has 0 aromatic carbocycles. The number of rotatable bonds is 4. The summed E-state index contributed by atoms with van der Waals surface area (Å²) >= 11 is 0. The van der Waals surface area contributed by atoms with Gasteiger partial charge in [0.25, 0.3) is 6.16 Å². The maximum atomic E-state index is 11.6. The number of likely N-dealkylation sites (tertiary alicyclic amines) is 1. The molecule has 0 aromatic rings. The van der Waals surface area contributed by atoms with Crippen molar-refractivity contribution in [1.29, 1.82) is 0 Å². The number of carbonyl (C=O) groups excluding carboxylic acids is 3. The Balaban J connectivity index is 2.86. The molecule has 0 aromatic heterocycles. The minimum absolute atomic E-state index is 0.185. The standard InChI is InChI=1S/C10H17NO5Si/c1-17(2,3)9(6-16-10(14)15)11-7(12)4-5-8(11)13/h9H,4-6H2,1-3H3,(H,14,15)/p-1. The monoisotopic (exact) mass is 258 g/mol. The number of hydrogen-bond donors (Lipinski definition) is 0. The SMILES string of the molecule is C[Si](C)(C)C(COC(=O)[O-])N1C(=O)CCC1=O. The highest BCUT2D eigenvalue weighted by Gasteiger charge is 2.41. The van der Waals surface area contributed by atoms with Crippen molar-refractivity contribution in [2.45, 2.75) is 38.1 Å². The van der Waals surface area contributed by atoms with Crippen LogP contribution in [0.1, 0.15) is 12.8 Å². The normalized spacial score (nSPS) is 18.4. The van der Waals surface area contributed by atoms with Gasteiger partial charge < -0.3 is 14.6 Å². The average molecular weight is 258 g/mol. The van der Waals surface area contributed by atoms with Crippen molar-refractivity contribution >= 4 is 26.0 Å². The van der Waals surface area contributed by atoms with Crippen LogP contribution in [0.3, 0.4) is 0 Å². The smallest absolute Gasteiger partial charge is 0.252 e. The lowest BCUT2D eigenvalue weighted by atomic mass is 10.4. The molecule has 2 amide bonds. The summed E-state index contributed by atoms with van der Waals surface area (Å²) in [5.41, 5.74) is -0.456. The summed E-state index contributed by atoms with van der Waals surface area (Å²) in [6.45, 7) is 5.68. The third kappa shape index (κ3) is 3.29. The molecular formula is C10H16NO5Si-. The van der Waals surface area contributed by atoms with Gasteiger partial charge >= 0.3 is 0 Å². The molecule has 96 valence electrons. The Morgan fingerprint density at radius 1 is 1.35 bits per heavy atom. The van der Waals surface area contributed by atoms with E-state index < -0.39 is 19.9 Å². The molecule has 1 unspecified atom stereocenters. The second-order valence-corrected chi connectivity index (χ2v) is 10.5. The van der Waals surface area contributed by atoms with Crippen LogP contribution in [0.4, 0.5) is 4.79 Å². The number of hydrogen-bond acceptors (Lipinski definition) is 5. The lowest BCUT2D eigenvalue weighted by molar-refractivity contribution is -0.283. The average Bonchev–Trinajstić information content (AvgIpc) is 2.46. The van der Waals surface area contributed by atoms with Gasteiger partial charge in [-0.05, 0) is 0 Å². The van der Waals surface area contributed by atoms with Crippen molar-refractivity contribution in [3.63, 3.8) is 0 Å². The Hall–Kier alpha value is -1.37. The number of carbonyl (C=O) groups is 3. The largest absolute Gasteiger partial charge is 0.548 e. The number of imide groups is 1. The van der Waals surface area contributed by atoms with Gasteiger partial charge in [-0.1, -0.05) is 19.6 Å². The lowest BCUT2D eigenvalue weighted by Gasteiger charge is -2.36. The molecule has 0 radical (unpaired) electrons. The van der Waals surface area contributed by atoms with Crippen molar-refractivity contribution in [3.05, 3.63) is 0 Å².